The van der Waals surface area contributed by atoms with E-state index < -0.39 is 12.3 Å². The van der Waals surface area contributed by atoms with Crippen molar-refractivity contribution in [1.29, 1.82) is 0 Å². The van der Waals surface area contributed by atoms with Crippen molar-refractivity contribution in [2.24, 2.45) is 0 Å². The Morgan fingerprint density at radius 1 is 1.00 bits per heavy atom. The molecule has 0 saturated heterocycles. The number of hydrogen-bond acceptors (Lipinski definition) is 3. The first-order valence-electron chi connectivity index (χ1n) is 8.15. The fourth-order valence-corrected chi connectivity index (χ4v) is 2.08. The van der Waals surface area contributed by atoms with Crippen LogP contribution in [-0.2, 0) is 14.3 Å². The van der Waals surface area contributed by atoms with Gasteiger partial charge >= 0.3 is 5.97 Å². The van der Waals surface area contributed by atoms with E-state index in [0.29, 0.717) is 6.61 Å². The number of ether oxygens (including phenoxy) is 2. The fourth-order valence-electron chi connectivity index (χ4n) is 2.08. The largest absolute Gasteiger partial charge is 0.433 e. The van der Waals surface area contributed by atoms with Crippen LogP contribution in [0.3, 0.4) is 0 Å². The molecule has 20 heavy (non-hydrogen) atoms. The molecule has 0 rings (SSSR count). The van der Waals surface area contributed by atoms with Crippen molar-refractivity contribution >= 4 is 5.97 Å². The zero-order valence-corrected chi connectivity index (χ0v) is 13.4. The van der Waals surface area contributed by atoms with Crippen LogP contribution in [0, 0.1) is 0 Å². The van der Waals surface area contributed by atoms with Crippen molar-refractivity contribution < 1.29 is 14.3 Å². The zero-order chi connectivity index (χ0) is 15.1. The van der Waals surface area contributed by atoms with Gasteiger partial charge in [-0.25, -0.2) is 4.79 Å². The van der Waals surface area contributed by atoms with Gasteiger partial charge in [-0.1, -0.05) is 71.3 Å². The Bertz CT molecular complexity index is 238. The number of carbonyl (C=O) groups is 1. The van der Waals surface area contributed by atoms with Crippen LogP contribution in [0.25, 0.3) is 0 Å². The van der Waals surface area contributed by atoms with Crippen LogP contribution in [0.1, 0.15) is 78.1 Å². The molecule has 0 aliphatic rings. The van der Waals surface area contributed by atoms with Crippen LogP contribution in [0.4, 0.5) is 0 Å². The molecular formula is C17H32O3. The second kappa shape index (κ2) is 14.6. The molecular weight excluding hydrogens is 252 g/mol. The van der Waals surface area contributed by atoms with Gasteiger partial charge in [-0.3, -0.25) is 0 Å². The first-order chi connectivity index (χ1) is 9.70. The smallest absolute Gasteiger partial charge is 0.332 e. The average Bonchev–Trinajstić information content (AvgIpc) is 2.44. The van der Waals surface area contributed by atoms with E-state index in [4.69, 9.17) is 9.47 Å². The molecule has 3 nitrogen and oxygen atoms in total. The van der Waals surface area contributed by atoms with E-state index in [1.807, 2.05) is 0 Å². The highest BCUT2D eigenvalue weighted by molar-refractivity contribution is 5.81. The first kappa shape index (κ1) is 19.2. The quantitative estimate of drug-likeness (QED) is 0.195. The summed E-state index contributed by atoms with van der Waals surface area (Å²) >= 11 is 0. The molecule has 0 bridgehead atoms. The number of hydrogen-bond donors (Lipinski definition) is 0. The summed E-state index contributed by atoms with van der Waals surface area (Å²) in [5.41, 5.74) is 0. The topological polar surface area (TPSA) is 35.5 Å². The van der Waals surface area contributed by atoms with Crippen molar-refractivity contribution in [3.8, 4) is 0 Å². The Kier molecular flexibility index (Phi) is 14.0. The third-order valence-corrected chi connectivity index (χ3v) is 3.30. The molecule has 1 unspecified atom stereocenters. The zero-order valence-electron chi connectivity index (χ0n) is 13.4. The van der Waals surface area contributed by atoms with E-state index in [0.717, 1.165) is 12.5 Å². The first-order valence-corrected chi connectivity index (χ1v) is 8.15. The highest BCUT2D eigenvalue weighted by atomic mass is 16.7. The number of esters is 1. The van der Waals surface area contributed by atoms with Crippen molar-refractivity contribution in [3.05, 3.63) is 12.7 Å². The summed E-state index contributed by atoms with van der Waals surface area (Å²) in [5.74, 6) is -0.430. The monoisotopic (exact) mass is 284 g/mol. The van der Waals surface area contributed by atoms with Gasteiger partial charge in [0.05, 0.1) is 6.61 Å². The van der Waals surface area contributed by atoms with Gasteiger partial charge in [-0.05, 0) is 13.3 Å². The van der Waals surface area contributed by atoms with Crippen LogP contribution in [0.2, 0.25) is 0 Å². The minimum Gasteiger partial charge on any atom is -0.433 e. The van der Waals surface area contributed by atoms with E-state index >= 15 is 0 Å². The maximum absolute atomic E-state index is 10.9. The average molecular weight is 284 g/mol. The summed E-state index contributed by atoms with van der Waals surface area (Å²) < 4.78 is 10.3. The number of unbranched alkanes of at least 4 members (excludes halogenated alkanes) is 9. The molecule has 0 fully saturated rings. The van der Waals surface area contributed by atoms with Crippen LogP contribution in [-0.4, -0.2) is 18.9 Å². The Hall–Kier alpha value is -0.830. The second-order valence-corrected chi connectivity index (χ2v) is 5.26. The molecule has 0 aromatic heterocycles. The predicted octanol–water partition coefficient (Wildman–Crippen LogP) is 5.00. The maximum atomic E-state index is 10.9. The van der Waals surface area contributed by atoms with Crippen molar-refractivity contribution in [1.82, 2.24) is 0 Å². The van der Waals surface area contributed by atoms with Gasteiger partial charge < -0.3 is 9.47 Å². The van der Waals surface area contributed by atoms with E-state index in [9.17, 15) is 4.79 Å². The number of rotatable bonds is 14. The van der Waals surface area contributed by atoms with Crippen LogP contribution in [0.15, 0.2) is 12.7 Å². The predicted molar refractivity (Wildman–Crippen MR) is 83.5 cm³/mol. The highest BCUT2D eigenvalue weighted by Gasteiger charge is 2.05. The van der Waals surface area contributed by atoms with E-state index in [1.165, 1.54) is 57.8 Å². The molecule has 118 valence electrons. The minimum absolute atomic E-state index is 0.430. The SMILES string of the molecule is C=CC(=O)OC(C)OCCCCCCCCCCCC. The molecule has 1 atom stereocenters. The standard InChI is InChI=1S/C17H32O3/c1-4-6-7-8-9-10-11-12-13-14-15-19-16(3)20-17(18)5-2/h5,16H,2,4,6-15H2,1,3H3. The summed E-state index contributed by atoms with van der Waals surface area (Å²) in [4.78, 5) is 10.9. The van der Waals surface area contributed by atoms with Crippen molar-refractivity contribution in [3.63, 3.8) is 0 Å². The van der Waals surface area contributed by atoms with Gasteiger partial charge in [-0.15, -0.1) is 0 Å². The Morgan fingerprint density at radius 3 is 2.00 bits per heavy atom. The molecule has 0 heterocycles. The molecule has 0 radical (unpaired) electrons. The molecule has 0 N–H and O–H groups in total. The number of carbonyl (C=O) groups excluding carboxylic acids is 1. The van der Waals surface area contributed by atoms with Gasteiger partial charge in [0, 0.05) is 6.08 Å². The summed E-state index contributed by atoms with van der Waals surface area (Å²) in [6.07, 6.45) is 13.7. The van der Waals surface area contributed by atoms with Crippen molar-refractivity contribution in [2.45, 2.75) is 84.3 Å². The van der Waals surface area contributed by atoms with Gasteiger partial charge in [0.2, 0.25) is 0 Å². The lowest BCUT2D eigenvalue weighted by molar-refractivity contribution is -0.168. The molecule has 0 saturated carbocycles. The maximum Gasteiger partial charge on any atom is 0.332 e. The molecule has 0 aliphatic carbocycles. The Balaban J connectivity index is 3.16. The lowest BCUT2D eigenvalue weighted by Crippen LogP contribution is -2.17. The molecule has 0 spiro atoms. The Morgan fingerprint density at radius 2 is 1.50 bits per heavy atom. The van der Waals surface area contributed by atoms with Gasteiger partial charge in [-0.2, -0.15) is 0 Å². The summed E-state index contributed by atoms with van der Waals surface area (Å²) in [6.45, 7) is 7.99. The van der Waals surface area contributed by atoms with E-state index in [-0.39, 0.29) is 0 Å². The molecule has 3 heteroatoms. The normalized spacial score (nSPS) is 12.1. The Labute approximate surface area is 124 Å². The molecule has 0 aromatic rings. The minimum atomic E-state index is -0.473. The van der Waals surface area contributed by atoms with Gasteiger partial charge in [0.1, 0.15) is 0 Å². The third-order valence-electron chi connectivity index (χ3n) is 3.30. The lowest BCUT2D eigenvalue weighted by Gasteiger charge is -2.12. The van der Waals surface area contributed by atoms with Crippen LogP contribution < -0.4 is 0 Å². The van der Waals surface area contributed by atoms with E-state index in [2.05, 4.69) is 13.5 Å². The summed E-state index contributed by atoms with van der Waals surface area (Å²) in [6, 6.07) is 0. The summed E-state index contributed by atoms with van der Waals surface area (Å²) in [5, 5.41) is 0. The van der Waals surface area contributed by atoms with Gasteiger partial charge in [0.15, 0.2) is 6.29 Å². The van der Waals surface area contributed by atoms with Crippen molar-refractivity contribution in [2.75, 3.05) is 6.61 Å². The molecule has 0 amide bonds. The summed E-state index contributed by atoms with van der Waals surface area (Å²) in [7, 11) is 0. The van der Waals surface area contributed by atoms with Gasteiger partial charge in [0.25, 0.3) is 0 Å². The fraction of sp³-hybridized carbons (Fsp3) is 0.824. The highest BCUT2D eigenvalue weighted by Crippen LogP contribution is 2.10. The molecule has 0 aromatic carbocycles. The van der Waals surface area contributed by atoms with Crippen LogP contribution in [0.5, 0.6) is 0 Å². The third kappa shape index (κ3) is 13.6. The van der Waals surface area contributed by atoms with Crippen LogP contribution >= 0.6 is 0 Å². The molecule has 0 aliphatic heterocycles. The van der Waals surface area contributed by atoms with E-state index in [1.54, 1.807) is 6.92 Å². The lowest BCUT2D eigenvalue weighted by atomic mass is 10.1. The second-order valence-electron chi connectivity index (χ2n) is 5.26.